The number of halogens is 1. The Morgan fingerprint density at radius 2 is 2.17 bits per heavy atom. The van der Waals surface area contributed by atoms with Crippen LogP contribution in [0.25, 0.3) is 0 Å². The van der Waals surface area contributed by atoms with Gasteiger partial charge in [0.25, 0.3) is 0 Å². The van der Waals surface area contributed by atoms with E-state index in [0.717, 1.165) is 4.90 Å². The number of pyridine rings is 1. The van der Waals surface area contributed by atoms with Crippen molar-refractivity contribution >= 4 is 17.7 Å². The highest BCUT2D eigenvalue weighted by Crippen LogP contribution is 2.17. The van der Waals surface area contributed by atoms with Crippen LogP contribution in [0.3, 0.4) is 0 Å². The monoisotopic (exact) mass is 272 g/mol. The fraction of sp³-hybridized carbons (Fsp3) is 0.538. The van der Waals surface area contributed by atoms with E-state index in [0.29, 0.717) is 5.69 Å². The van der Waals surface area contributed by atoms with E-state index >= 15 is 0 Å². The molecule has 100 valence electrons. The summed E-state index contributed by atoms with van der Waals surface area (Å²) in [5.74, 6) is 0. The molecule has 0 radical (unpaired) electrons. The molecule has 0 aliphatic rings. The van der Waals surface area contributed by atoms with Crippen molar-refractivity contribution in [3.8, 4) is 0 Å². The average Bonchev–Trinajstić information content (AvgIpc) is 2.24. The third-order valence-electron chi connectivity index (χ3n) is 1.94. The highest BCUT2D eigenvalue weighted by Gasteiger charge is 2.20. The van der Waals surface area contributed by atoms with Gasteiger partial charge < -0.3 is 9.64 Å². The second kappa shape index (κ2) is 5.57. The van der Waals surface area contributed by atoms with Crippen molar-refractivity contribution in [3.05, 3.63) is 28.5 Å². The van der Waals surface area contributed by atoms with Crippen molar-refractivity contribution in [3.63, 3.8) is 0 Å². The Bertz CT molecular complexity index is 516. The summed E-state index contributed by atoms with van der Waals surface area (Å²) in [6.07, 6.45) is -0.765. The Labute approximate surface area is 116 Å². The summed E-state index contributed by atoms with van der Waals surface area (Å²) in [6, 6.07) is 3.16. The molecule has 18 heavy (non-hydrogen) atoms. The Morgan fingerprint density at radius 1 is 1.56 bits per heavy atom. The van der Waals surface area contributed by atoms with E-state index in [4.69, 9.17) is 19.1 Å². The first-order valence-electron chi connectivity index (χ1n) is 6.55. The molecule has 4 nitrogen and oxygen atoms in total. The van der Waals surface area contributed by atoms with Crippen molar-refractivity contribution in [2.45, 2.75) is 39.8 Å². The molecule has 0 aromatic carbocycles. The second-order valence-electron chi connectivity index (χ2n) is 4.94. The van der Waals surface area contributed by atoms with Crippen LogP contribution in [-0.2, 0) is 11.2 Å². The molecule has 0 unspecified atom stereocenters. The first kappa shape index (κ1) is 11.8. The van der Waals surface area contributed by atoms with E-state index in [1.54, 1.807) is 33.8 Å². The van der Waals surface area contributed by atoms with Crippen LogP contribution in [0.5, 0.6) is 0 Å². The van der Waals surface area contributed by atoms with E-state index in [9.17, 15) is 4.79 Å². The zero-order chi connectivity index (χ0) is 15.7. The number of carbonyl (C=O) groups is 1. The van der Waals surface area contributed by atoms with Crippen LogP contribution in [-0.4, -0.2) is 28.6 Å². The quantitative estimate of drug-likeness (QED) is 0.775. The van der Waals surface area contributed by atoms with Crippen LogP contribution in [0.2, 0.25) is 5.15 Å². The van der Waals surface area contributed by atoms with Gasteiger partial charge in [0.05, 0.1) is 9.24 Å². The van der Waals surface area contributed by atoms with E-state index in [2.05, 4.69) is 4.98 Å². The lowest BCUT2D eigenvalue weighted by atomic mass is 10.2. The van der Waals surface area contributed by atoms with E-state index in [-0.39, 0.29) is 10.7 Å². The molecule has 1 aromatic heterocycles. The van der Waals surface area contributed by atoms with Gasteiger partial charge >= 0.3 is 6.09 Å². The Morgan fingerprint density at radius 3 is 2.67 bits per heavy atom. The van der Waals surface area contributed by atoms with Gasteiger partial charge in [0, 0.05) is 18.3 Å². The fourth-order valence-electron chi connectivity index (χ4n) is 1.17. The Balaban J connectivity index is 3.06. The van der Waals surface area contributed by atoms with E-state index in [1.165, 1.54) is 13.1 Å². The molecule has 5 heteroatoms. The average molecular weight is 273 g/mol. The number of nitrogens with zero attached hydrogens (tertiary/aromatic N) is 2. The minimum absolute atomic E-state index is 0.0328. The molecule has 1 rings (SSSR count). The minimum atomic E-state index is -2.11. The lowest BCUT2D eigenvalue weighted by Crippen LogP contribution is -2.33. The molecule has 0 aliphatic heterocycles. The molecule has 0 atom stereocenters. The van der Waals surface area contributed by atoms with Crippen molar-refractivity contribution in [1.82, 2.24) is 9.88 Å². The van der Waals surface area contributed by atoms with E-state index < -0.39 is 18.2 Å². The molecule has 0 spiro atoms. The summed E-state index contributed by atoms with van der Waals surface area (Å²) >= 11 is 5.97. The predicted octanol–water partition coefficient (Wildman–Crippen LogP) is 3.41. The molecule has 0 aliphatic carbocycles. The van der Waals surface area contributed by atoms with Gasteiger partial charge in [-0.2, -0.15) is 0 Å². The fourth-order valence-corrected chi connectivity index (χ4v) is 1.40. The standard InChI is InChI=1S/C13H19ClN2O2/c1-9-6-7-10(11(14)15-9)8-16(5)12(17)18-13(2,3)4/h6-7H,8H2,1-5H3/i8D2. The highest BCUT2D eigenvalue weighted by atomic mass is 35.5. The van der Waals surface area contributed by atoms with Crippen molar-refractivity contribution < 1.29 is 12.3 Å². The summed E-state index contributed by atoms with van der Waals surface area (Å²) in [4.78, 5) is 16.8. The molecular weight excluding hydrogens is 252 g/mol. The van der Waals surface area contributed by atoms with Crippen molar-refractivity contribution in [1.29, 1.82) is 0 Å². The molecule has 0 N–H and O–H groups in total. The SMILES string of the molecule is [2H]C([2H])(c1ccc(C)nc1Cl)N(C)C(=O)OC(C)(C)C. The molecule has 0 saturated heterocycles. The number of amides is 1. The van der Waals surface area contributed by atoms with Gasteiger partial charge in [-0.3, -0.25) is 0 Å². The van der Waals surface area contributed by atoms with Crippen LogP contribution in [0.1, 0.15) is 34.8 Å². The summed E-state index contributed by atoms with van der Waals surface area (Å²) in [5.41, 5.74) is 0.101. The van der Waals surface area contributed by atoms with E-state index in [1.807, 2.05) is 0 Å². The Hall–Kier alpha value is -1.29. The van der Waals surface area contributed by atoms with Crippen molar-refractivity contribution in [2.24, 2.45) is 0 Å². The van der Waals surface area contributed by atoms with Gasteiger partial charge in [-0.1, -0.05) is 17.7 Å². The molecule has 1 amide bonds. The maximum absolute atomic E-state index is 12.0. The molecule has 1 heterocycles. The van der Waals surface area contributed by atoms with Gasteiger partial charge in [-0.15, -0.1) is 0 Å². The number of aromatic nitrogens is 1. The van der Waals surface area contributed by atoms with Gasteiger partial charge in [0.15, 0.2) is 0 Å². The number of rotatable bonds is 2. The number of ether oxygens (including phenoxy) is 1. The summed E-state index contributed by atoms with van der Waals surface area (Å²) < 4.78 is 21.3. The normalized spacial score (nSPS) is 13.7. The first-order valence-corrected chi connectivity index (χ1v) is 5.93. The van der Waals surface area contributed by atoms with Crippen LogP contribution < -0.4 is 0 Å². The lowest BCUT2D eigenvalue weighted by Gasteiger charge is -2.24. The van der Waals surface area contributed by atoms with Gasteiger partial charge in [-0.25, -0.2) is 9.78 Å². The topological polar surface area (TPSA) is 42.4 Å². The van der Waals surface area contributed by atoms with Crippen LogP contribution in [0, 0.1) is 6.92 Å². The zero-order valence-electron chi connectivity index (χ0n) is 13.2. The molecule has 0 fully saturated rings. The van der Waals surface area contributed by atoms with Gasteiger partial charge in [0.2, 0.25) is 0 Å². The maximum Gasteiger partial charge on any atom is 0.410 e. The third-order valence-corrected chi connectivity index (χ3v) is 2.23. The number of hydrogen-bond acceptors (Lipinski definition) is 3. The van der Waals surface area contributed by atoms with Gasteiger partial charge in [-0.05, 0) is 33.8 Å². The summed E-state index contributed by atoms with van der Waals surface area (Å²) in [6.45, 7) is 4.79. The molecule has 0 bridgehead atoms. The summed E-state index contributed by atoms with van der Waals surface area (Å²) in [5, 5.41) is 0.0328. The molecule has 0 saturated carbocycles. The first-order chi connectivity index (χ1) is 8.95. The number of aryl methyl sites for hydroxylation is 1. The zero-order valence-corrected chi connectivity index (χ0v) is 12.0. The maximum atomic E-state index is 12.0. The smallest absolute Gasteiger partial charge is 0.410 e. The van der Waals surface area contributed by atoms with Crippen LogP contribution in [0.4, 0.5) is 4.79 Å². The second-order valence-corrected chi connectivity index (χ2v) is 5.30. The predicted molar refractivity (Wildman–Crippen MR) is 71.7 cm³/mol. The third kappa shape index (κ3) is 4.53. The number of hydrogen-bond donors (Lipinski definition) is 0. The minimum Gasteiger partial charge on any atom is -0.444 e. The van der Waals surface area contributed by atoms with Crippen LogP contribution in [0.15, 0.2) is 12.1 Å². The van der Waals surface area contributed by atoms with Crippen molar-refractivity contribution in [2.75, 3.05) is 7.05 Å². The Kier molecular flexibility index (Phi) is 3.64. The molecular formula is C13H19ClN2O2. The van der Waals surface area contributed by atoms with Crippen LogP contribution >= 0.6 is 11.6 Å². The molecule has 1 aromatic rings. The highest BCUT2D eigenvalue weighted by molar-refractivity contribution is 6.30. The number of carbonyl (C=O) groups excluding carboxylic acids is 1. The lowest BCUT2D eigenvalue weighted by molar-refractivity contribution is 0.0285. The summed E-state index contributed by atoms with van der Waals surface area (Å²) in [7, 11) is 1.32. The largest absolute Gasteiger partial charge is 0.444 e. The van der Waals surface area contributed by atoms with Gasteiger partial charge in [0.1, 0.15) is 10.8 Å².